The number of hydrogen-bond donors (Lipinski definition) is 4. The van der Waals surface area contributed by atoms with E-state index in [1.807, 2.05) is 0 Å². The summed E-state index contributed by atoms with van der Waals surface area (Å²) in [5.41, 5.74) is 8.26. The topological polar surface area (TPSA) is 113 Å². The molecular weight excluding hydrogens is 512 g/mol. The smallest absolute Gasteiger partial charge is 0.321 e. The molecule has 5 unspecified atom stereocenters. The summed E-state index contributed by atoms with van der Waals surface area (Å²) >= 11 is 0. The number of hydrogen-bond acceptors (Lipinski definition) is 5. The Morgan fingerprint density at radius 2 is 1.78 bits per heavy atom. The first-order valence-electron chi connectivity index (χ1n) is 17.0. The Bertz CT molecular complexity index is 948. The van der Waals surface area contributed by atoms with E-state index < -0.39 is 30.3 Å². The Morgan fingerprint density at radius 1 is 1.02 bits per heavy atom. The molecule has 4 aliphatic carbocycles. The lowest BCUT2D eigenvalue weighted by Gasteiger charge is -2.58. The van der Waals surface area contributed by atoms with Crippen molar-refractivity contribution in [3.8, 4) is 0 Å². The third kappa shape index (κ3) is 6.80. The maximum absolute atomic E-state index is 12.0. The van der Waals surface area contributed by atoms with Gasteiger partial charge in [0.25, 0.3) is 0 Å². The molecule has 0 aromatic carbocycles. The molecule has 3 fully saturated rings. The molecule has 4 aliphatic rings. The lowest BCUT2D eigenvalue weighted by Crippen LogP contribution is -2.51. The molecule has 0 bridgehead atoms. The average molecular weight is 573 g/mol. The summed E-state index contributed by atoms with van der Waals surface area (Å²) in [6.45, 7) is 12.6. The second-order valence-electron chi connectivity index (χ2n) is 15.4. The van der Waals surface area contributed by atoms with E-state index in [0.717, 1.165) is 48.5 Å². The van der Waals surface area contributed by atoms with E-state index in [-0.39, 0.29) is 0 Å². The number of carbonyl (C=O) groups excluding carboxylic acids is 1. The molecule has 234 valence electrons. The summed E-state index contributed by atoms with van der Waals surface area (Å²) in [7, 11) is 0. The van der Waals surface area contributed by atoms with Gasteiger partial charge in [0.2, 0.25) is 0 Å². The van der Waals surface area contributed by atoms with Crippen LogP contribution in [0.25, 0.3) is 0 Å². The first kappa shape index (κ1) is 32.7. The maximum Gasteiger partial charge on any atom is 0.321 e. The van der Waals surface area contributed by atoms with Crippen LogP contribution in [0.2, 0.25) is 0 Å². The van der Waals surface area contributed by atoms with Crippen LogP contribution in [0.15, 0.2) is 11.6 Å². The number of carboxylic acid groups (broad SMARTS) is 1. The van der Waals surface area contributed by atoms with Gasteiger partial charge in [-0.25, -0.2) is 0 Å². The van der Waals surface area contributed by atoms with Gasteiger partial charge in [-0.1, -0.05) is 65.5 Å². The Hall–Kier alpha value is -1.24. The summed E-state index contributed by atoms with van der Waals surface area (Å²) in [5, 5.41) is 22.2. The molecule has 5 N–H and O–H groups in total. The zero-order valence-electron chi connectivity index (χ0n) is 26.7. The fourth-order valence-corrected chi connectivity index (χ4v) is 10.3. The van der Waals surface area contributed by atoms with Crippen LogP contribution in [0, 0.1) is 52.3 Å². The quantitative estimate of drug-likeness (QED) is 0.142. The van der Waals surface area contributed by atoms with Gasteiger partial charge in [-0.3, -0.25) is 9.59 Å². The average Bonchev–Trinajstić information content (AvgIpc) is 3.29. The van der Waals surface area contributed by atoms with Crippen molar-refractivity contribution in [2.45, 2.75) is 130 Å². The highest BCUT2D eigenvalue weighted by molar-refractivity contribution is 5.88. The van der Waals surface area contributed by atoms with Crippen molar-refractivity contribution >= 4 is 11.8 Å². The highest BCUT2D eigenvalue weighted by atomic mass is 16.4. The van der Waals surface area contributed by atoms with E-state index >= 15 is 0 Å². The van der Waals surface area contributed by atoms with Crippen LogP contribution in [0.1, 0.15) is 118 Å². The molecule has 0 aromatic heterocycles. The fourth-order valence-electron chi connectivity index (χ4n) is 10.3. The van der Waals surface area contributed by atoms with E-state index in [0.29, 0.717) is 29.7 Å². The van der Waals surface area contributed by atoms with Crippen LogP contribution in [0.4, 0.5) is 0 Å². The summed E-state index contributed by atoms with van der Waals surface area (Å²) in [5.74, 6) is 2.62. The van der Waals surface area contributed by atoms with Crippen molar-refractivity contribution in [1.82, 2.24) is 5.32 Å². The number of Topliss-reactive ketones (excluding diaryl/α,β-unsaturated/α-hetero) is 1. The van der Waals surface area contributed by atoms with Crippen molar-refractivity contribution in [3.05, 3.63) is 11.6 Å². The second-order valence-corrected chi connectivity index (χ2v) is 15.4. The number of aliphatic carboxylic acids is 1. The van der Waals surface area contributed by atoms with Crippen molar-refractivity contribution in [1.29, 1.82) is 0 Å². The predicted octanol–water partition coefficient (Wildman–Crippen LogP) is 6.36. The third-order valence-corrected chi connectivity index (χ3v) is 12.7. The van der Waals surface area contributed by atoms with Gasteiger partial charge in [0.15, 0.2) is 5.78 Å². The van der Waals surface area contributed by atoms with Gasteiger partial charge < -0.3 is 21.3 Å². The highest BCUT2D eigenvalue weighted by Crippen LogP contribution is 2.67. The molecule has 0 amide bonds. The minimum atomic E-state index is -1.26. The largest absolute Gasteiger partial charge is 0.480 e. The van der Waals surface area contributed by atoms with Gasteiger partial charge in [0, 0.05) is 12.0 Å². The van der Waals surface area contributed by atoms with E-state index in [4.69, 9.17) is 5.73 Å². The number of carbonyl (C=O) groups is 2. The van der Waals surface area contributed by atoms with Crippen molar-refractivity contribution < 1.29 is 19.8 Å². The second kappa shape index (κ2) is 13.6. The molecule has 0 aliphatic heterocycles. The molecule has 6 heteroatoms. The lowest BCUT2D eigenvalue weighted by atomic mass is 9.47. The lowest BCUT2D eigenvalue weighted by molar-refractivity contribution is -0.143. The molecule has 0 saturated heterocycles. The van der Waals surface area contributed by atoms with Crippen molar-refractivity contribution in [3.63, 3.8) is 0 Å². The zero-order chi connectivity index (χ0) is 29.9. The van der Waals surface area contributed by atoms with Crippen LogP contribution in [0.5, 0.6) is 0 Å². The first-order valence-corrected chi connectivity index (χ1v) is 17.0. The Morgan fingerprint density at radius 3 is 2.46 bits per heavy atom. The van der Waals surface area contributed by atoms with Crippen LogP contribution < -0.4 is 11.1 Å². The van der Waals surface area contributed by atoms with Crippen molar-refractivity contribution in [2.24, 2.45) is 58.0 Å². The van der Waals surface area contributed by atoms with E-state index in [2.05, 4.69) is 46.0 Å². The molecule has 41 heavy (non-hydrogen) atoms. The van der Waals surface area contributed by atoms with Crippen LogP contribution in [-0.2, 0) is 9.59 Å². The fraction of sp³-hybridized carbons (Fsp3) is 0.886. The monoisotopic (exact) mass is 572 g/mol. The number of rotatable bonds is 14. The standard InChI is InChI=1S/C35H60N2O4/c1-22(2)8-6-9-23(3)28-13-14-29-26-12-11-24-20-25(15-17-34(24,4)30(26)16-18-35(28,29)5)37-19-7-10-27(31(39)21-38)32(36)33(40)41/h11,22-23,25-30,32,37-38H,6-10,12-21,36H2,1-5H3,(H,40,41)/t23-,25?,26?,27?,28-,29?,30?,32+,34+,35-/m1/s1. The first-order chi connectivity index (χ1) is 19.4. The minimum absolute atomic E-state index is 0.330. The number of carboxylic acids is 1. The number of ketones is 1. The highest BCUT2D eigenvalue weighted by Gasteiger charge is 2.59. The molecule has 4 rings (SSSR count). The Balaban J connectivity index is 1.32. The van der Waals surface area contributed by atoms with E-state index in [1.165, 1.54) is 64.2 Å². The summed E-state index contributed by atoms with van der Waals surface area (Å²) in [4.78, 5) is 23.4. The number of allylic oxidation sites excluding steroid dienone is 1. The SMILES string of the molecule is CC(C)CCC[C@@H](C)[C@H]1CCC2C3CC=C4CC(NCCCC(C(=O)CO)[C@H](N)C(=O)O)CC[C@]4(C)C3CC[C@@]21C. The number of aliphatic hydroxyl groups is 1. The van der Waals surface area contributed by atoms with Crippen molar-refractivity contribution in [2.75, 3.05) is 13.2 Å². The molecule has 3 saturated carbocycles. The summed E-state index contributed by atoms with van der Waals surface area (Å²) in [6.07, 6.45) is 18.3. The van der Waals surface area contributed by atoms with Gasteiger partial charge in [-0.15, -0.1) is 0 Å². The minimum Gasteiger partial charge on any atom is -0.480 e. The zero-order valence-corrected chi connectivity index (χ0v) is 26.7. The van der Waals surface area contributed by atoms with Crippen LogP contribution in [-0.4, -0.2) is 47.2 Å². The number of fused-ring (bicyclic) bond motifs is 5. The van der Waals surface area contributed by atoms with E-state index in [1.54, 1.807) is 5.57 Å². The predicted molar refractivity (Wildman–Crippen MR) is 165 cm³/mol. The Labute approximate surface area is 249 Å². The number of nitrogens with one attached hydrogen (secondary N) is 1. The van der Waals surface area contributed by atoms with Gasteiger partial charge in [-0.2, -0.15) is 0 Å². The normalized spacial score (nSPS) is 37.0. The van der Waals surface area contributed by atoms with Gasteiger partial charge in [0.1, 0.15) is 12.6 Å². The van der Waals surface area contributed by atoms with E-state index in [9.17, 15) is 19.8 Å². The molecule has 6 nitrogen and oxygen atoms in total. The van der Waals surface area contributed by atoms with Crippen LogP contribution >= 0.6 is 0 Å². The van der Waals surface area contributed by atoms with Gasteiger partial charge >= 0.3 is 5.97 Å². The van der Waals surface area contributed by atoms with Gasteiger partial charge in [-0.05, 0) is 117 Å². The Kier molecular flexibility index (Phi) is 10.8. The molecular formula is C35H60N2O4. The van der Waals surface area contributed by atoms with Crippen LogP contribution in [0.3, 0.4) is 0 Å². The molecule has 0 aromatic rings. The molecule has 0 heterocycles. The summed E-state index contributed by atoms with van der Waals surface area (Å²) < 4.78 is 0. The third-order valence-electron chi connectivity index (χ3n) is 12.7. The van der Waals surface area contributed by atoms with Gasteiger partial charge in [0.05, 0.1) is 0 Å². The maximum atomic E-state index is 12.0. The molecule has 0 radical (unpaired) electrons. The summed E-state index contributed by atoms with van der Waals surface area (Å²) in [6, 6.07) is -0.826. The molecule has 0 spiro atoms. The number of nitrogens with two attached hydrogens (primary N) is 1. The molecule has 10 atom stereocenters. The number of aliphatic hydroxyl groups excluding tert-OH is 1.